The third kappa shape index (κ3) is 0.586. The van der Waals surface area contributed by atoms with E-state index >= 15 is 0 Å². The molecule has 1 saturated carbocycles. The predicted molar refractivity (Wildman–Crippen MR) is 31.9 cm³/mol. The monoisotopic (exact) mass is 102 g/mol. The molecule has 2 atom stereocenters. The van der Waals surface area contributed by atoms with E-state index in [1.807, 2.05) is 0 Å². The minimum atomic E-state index is 0.671. The van der Waals surface area contributed by atoms with Crippen LogP contribution in [0.25, 0.3) is 0 Å². The molecule has 36 valence electrons. The minimum absolute atomic E-state index is 0.671. The molecule has 0 aliphatic heterocycles. The van der Waals surface area contributed by atoms with Crippen molar-refractivity contribution in [3.63, 3.8) is 0 Å². The standard InChI is InChI=1S/C5H11P/c1-5(2)3-4(5)6/h4H,3,6H2,1-2H3. The van der Waals surface area contributed by atoms with Crippen LogP contribution in [0.2, 0.25) is 0 Å². The molecule has 0 bridgehead atoms. The van der Waals surface area contributed by atoms with Gasteiger partial charge in [0.2, 0.25) is 0 Å². The van der Waals surface area contributed by atoms with E-state index in [9.17, 15) is 0 Å². The van der Waals surface area contributed by atoms with Crippen LogP contribution in [-0.2, 0) is 0 Å². The Balaban J connectivity index is 2.41. The summed E-state index contributed by atoms with van der Waals surface area (Å²) in [6, 6.07) is 0. The third-order valence-corrected chi connectivity index (χ3v) is 2.73. The molecule has 0 radical (unpaired) electrons. The van der Waals surface area contributed by atoms with Crippen molar-refractivity contribution in [2.24, 2.45) is 5.41 Å². The molecule has 6 heavy (non-hydrogen) atoms. The van der Waals surface area contributed by atoms with Gasteiger partial charge in [-0.2, -0.15) is 0 Å². The van der Waals surface area contributed by atoms with Crippen LogP contribution < -0.4 is 0 Å². The molecule has 2 unspecified atom stereocenters. The first-order chi connectivity index (χ1) is 2.63. The fraction of sp³-hybridized carbons (Fsp3) is 1.00. The molecule has 0 amide bonds. The van der Waals surface area contributed by atoms with Crippen molar-refractivity contribution in [3.05, 3.63) is 0 Å². The predicted octanol–water partition coefficient (Wildman–Crippen LogP) is 1.66. The Kier molecular flexibility index (Phi) is 0.749. The highest BCUT2D eigenvalue weighted by Crippen LogP contribution is 2.50. The summed E-state index contributed by atoms with van der Waals surface area (Å²) in [7, 11) is 2.84. The molecule has 0 saturated heterocycles. The molecule has 1 aliphatic carbocycles. The van der Waals surface area contributed by atoms with Gasteiger partial charge in [0.1, 0.15) is 0 Å². The van der Waals surface area contributed by atoms with Crippen molar-refractivity contribution >= 4 is 9.24 Å². The number of hydrogen-bond donors (Lipinski definition) is 0. The van der Waals surface area contributed by atoms with Crippen LogP contribution in [-0.4, -0.2) is 5.66 Å². The van der Waals surface area contributed by atoms with Crippen LogP contribution in [0, 0.1) is 5.41 Å². The van der Waals surface area contributed by atoms with Crippen molar-refractivity contribution in [2.45, 2.75) is 25.9 Å². The van der Waals surface area contributed by atoms with Crippen molar-refractivity contribution in [1.29, 1.82) is 0 Å². The van der Waals surface area contributed by atoms with E-state index < -0.39 is 0 Å². The van der Waals surface area contributed by atoms with Gasteiger partial charge in [0.05, 0.1) is 0 Å². The van der Waals surface area contributed by atoms with Gasteiger partial charge in [-0.3, -0.25) is 0 Å². The van der Waals surface area contributed by atoms with Gasteiger partial charge >= 0.3 is 0 Å². The molecule has 1 aliphatic rings. The molecule has 0 spiro atoms. The van der Waals surface area contributed by atoms with Gasteiger partial charge in [-0.25, -0.2) is 0 Å². The summed E-state index contributed by atoms with van der Waals surface area (Å²) in [5.41, 5.74) is 1.59. The summed E-state index contributed by atoms with van der Waals surface area (Å²) in [5.74, 6) is 0. The lowest BCUT2D eigenvalue weighted by molar-refractivity contribution is 0.657. The summed E-state index contributed by atoms with van der Waals surface area (Å²) in [4.78, 5) is 0. The first-order valence-corrected chi connectivity index (χ1v) is 3.05. The Morgan fingerprint density at radius 1 is 1.67 bits per heavy atom. The molecule has 1 rings (SSSR count). The Labute approximate surface area is 41.5 Å². The van der Waals surface area contributed by atoms with Gasteiger partial charge < -0.3 is 0 Å². The van der Waals surface area contributed by atoms with Gasteiger partial charge in [-0.05, 0) is 17.5 Å². The first-order valence-electron chi connectivity index (χ1n) is 2.38. The molecule has 0 aromatic heterocycles. The lowest BCUT2D eigenvalue weighted by Gasteiger charge is -1.91. The molecule has 1 heteroatoms. The van der Waals surface area contributed by atoms with Crippen LogP contribution >= 0.6 is 9.24 Å². The van der Waals surface area contributed by atoms with E-state index in [-0.39, 0.29) is 0 Å². The van der Waals surface area contributed by atoms with Gasteiger partial charge in [0, 0.05) is 0 Å². The molecule has 0 nitrogen and oxygen atoms in total. The average Bonchev–Trinajstić information content (AvgIpc) is 1.73. The molecular weight excluding hydrogens is 91.0 g/mol. The van der Waals surface area contributed by atoms with Crippen LogP contribution in [0.5, 0.6) is 0 Å². The number of rotatable bonds is 0. The van der Waals surface area contributed by atoms with E-state index in [4.69, 9.17) is 0 Å². The Morgan fingerprint density at radius 3 is 1.83 bits per heavy atom. The quantitative estimate of drug-likeness (QED) is 0.408. The number of hydrogen-bond acceptors (Lipinski definition) is 0. The summed E-state index contributed by atoms with van der Waals surface area (Å²) in [6.45, 7) is 4.59. The second-order valence-electron chi connectivity index (χ2n) is 2.80. The minimum Gasteiger partial charge on any atom is -0.134 e. The van der Waals surface area contributed by atoms with Gasteiger partial charge in [0.25, 0.3) is 0 Å². The Hall–Kier alpha value is 0.430. The Morgan fingerprint density at radius 2 is 1.83 bits per heavy atom. The summed E-state index contributed by atoms with van der Waals surface area (Å²) >= 11 is 0. The van der Waals surface area contributed by atoms with E-state index in [1.54, 1.807) is 0 Å². The zero-order chi connectivity index (χ0) is 4.78. The second-order valence-corrected chi connectivity index (χ2v) is 3.60. The highest BCUT2D eigenvalue weighted by Gasteiger charge is 2.41. The molecular formula is C5H11P. The van der Waals surface area contributed by atoms with E-state index in [2.05, 4.69) is 23.1 Å². The van der Waals surface area contributed by atoms with Crippen LogP contribution in [0.4, 0.5) is 0 Å². The van der Waals surface area contributed by atoms with Crippen LogP contribution in [0.3, 0.4) is 0 Å². The zero-order valence-electron chi connectivity index (χ0n) is 4.36. The third-order valence-electron chi connectivity index (χ3n) is 1.59. The maximum atomic E-state index is 2.84. The molecule has 0 N–H and O–H groups in total. The summed E-state index contributed by atoms with van der Waals surface area (Å²) in [6.07, 6.45) is 1.40. The fourth-order valence-corrected chi connectivity index (χ4v) is 1.12. The molecule has 0 aromatic carbocycles. The highest BCUT2D eigenvalue weighted by atomic mass is 31.0. The van der Waals surface area contributed by atoms with Gasteiger partial charge in [-0.1, -0.05) is 13.8 Å². The van der Waals surface area contributed by atoms with Crippen molar-refractivity contribution in [2.75, 3.05) is 0 Å². The normalized spacial score (nSPS) is 39.5. The molecule has 0 heterocycles. The molecule has 1 fully saturated rings. The van der Waals surface area contributed by atoms with E-state index in [0.29, 0.717) is 5.41 Å². The second kappa shape index (κ2) is 0.980. The van der Waals surface area contributed by atoms with Crippen LogP contribution in [0.15, 0.2) is 0 Å². The Bertz CT molecular complexity index is 66.3. The zero-order valence-corrected chi connectivity index (χ0v) is 5.52. The van der Waals surface area contributed by atoms with Crippen molar-refractivity contribution in [1.82, 2.24) is 0 Å². The van der Waals surface area contributed by atoms with Crippen LogP contribution in [0.1, 0.15) is 20.3 Å². The van der Waals surface area contributed by atoms with Gasteiger partial charge in [0.15, 0.2) is 0 Å². The fourth-order valence-electron chi connectivity index (χ4n) is 0.508. The topological polar surface area (TPSA) is 0 Å². The lowest BCUT2D eigenvalue weighted by Crippen LogP contribution is -1.84. The summed E-state index contributed by atoms with van der Waals surface area (Å²) in [5, 5.41) is 0. The van der Waals surface area contributed by atoms with E-state index in [1.165, 1.54) is 6.42 Å². The molecule has 0 aromatic rings. The lowest BCUT2D eigenvalue weighted by atomic mass is 10.2. The van der Waals surface area contributed by atoms with Crippen molar-refractivity contribution in [3.8, 4) is 0 Å². The van der Waals surface area contributed by atoms with E-state index in [0.717, 1.165) is 5.66 Å². The summed E-state index contributed by atoms with van der Waals surface area (Å²) < 4.78 is 0. The average molecular weight is 102 g/mol. The smallest absolute Gasteiger partial charge is 0.0207 e. The van der Waals surface area contributed by atoms with Crippen molar-refractivity contribution < 1.29 is 0 Å². The first kappa shape index (κ1) is 4.59. The van der Waals surface area contributed by atoms with Gasteiger partial charge in [-0.15, -0.1) is 9.24 Å². The maximum absolute atomic E-state index is 2.84. The SMILES string of the molecule is CC1(C)CC1P. The maximum Gasteiger partial charge on any atom is -0.0207 e. The highest BCUT2D eigenvalue weighted by molar-refractivity contribution is 7.18. The largest absolute Gasteiger partial charge is 0.134 e.